The number of nitrogens with one attached hydrogen (secondary N) is 1. The zero-order chi connectivity index (χ0) is 19.9. The molecule has 7 nitrogen and oxygen atoms in total. The number of pyridine rings is 1. The van der Waals surface area contributed by atoms with Crippen molar-refractivity contribution in [3.63, 3.8) is 0 Å². The number of aliphatic hydroxyl groups is 1. The van der Waals surface area contributed by atoms with Crippen LogP contribution in [0.5, 0.6) is 0 Å². The lowest BCUT2D eigenvalue weighted by molar-refractivity contribution is -0.124. The Balaban J connectivity index is 1.92. The molecule has 4 heterocycles. The highest BCUT2D eigenvalue weighted by atomic mass is 16.4. The van der Waals surface area contributed by atoms with Gasteiger partial charge in [-0.25, -0.2) is 4.99 Å². The number of carbonyl (C=O) groups excluding carboxylic acids is 1. The molecule has 4 rings (SSSR count). The fraction of sp³-hybridized carbons (Fsp3) is 0.286. The molecule has 1 atom stereocenters. The maximum absolute atomic E-state index is 12.6. The van der Waals surface area contributed by atoms with Gasteiger partial charge in [0.25, 0.3) is 5.91 Å². The number of aromatic nitrogens is 1. The number of nitrogens with zero attached hydrogens (tertiary/aromatic N) is 2. The van der Waals surface area contributed by atoms with E-state index in [0.717, 1.165) is 0 Å². The summed E-state index contributed by atoms with van der Waals surface area (Å²) in [6.45, 7) is 5.66. The minimum atomic E-state index is -1.74. The molecule has 0 spiro atoms. The van der Waals surface area contributed by atoms with Gasteiger partial charge in [-0.3, -0.25) is 9.78 Å². The van der Waals surface area contributed by atoms with Gasteiger partial charge in [0.15, 0.2) is 5.84 Å². The van der Waals surface area contributed by atoms with Crippen LogP contribution >= 0.6 is 0 Å². The first-order chi connectivity index (χ1) is 13.4. The van der Waals surface area contributed by atoms with E-state index < -0.39 is 11.1 Å². The predicted octanol–water partition coefficient (Wildman–Crippen LogP) is 2.84. The second-order valence-electron chi connectivity index (χ2n) is 7.28. The maximum Gasteiger partial charge on any atom is 0.253 e. The topological polar surface area (TPSA) is 101 Å². The molecule has 0 fully saturated rings. The first-order valence-electron chi connectivity index (χ1n) is 9.05. The second kappa shape index (κ2) is 6.45. The fourth-order valence-corrected chi connectivity index (χ4v) is 3.29. The van der Waals surface area contributed by atoms with E-state index in [-0.39, 0.29) is 23.3 Å². The van der Waals surface area contributed by atoms with Crippen molar-refractivity contribution in [1.29, 1.82) is 0 Å². The van der Waals surface area contributed by atoms with E-state index in [1.165, 1.54) is 12.5 Å². The molecule has 1 unspecified atom stereocenters. The molecule has 0 saturated carbocycles. The minimum Gasteiger partial charge on any atom is -0.465 e. The number of rotatable bonds is 5. The Labute approximate surface area is 162 Å². The highest BCUT2D eigenvalue weighted by Crippen LogP contribution is 2.39. The number of amides is 1. The van der Waals surface area contributed by atoms with Crippen LogP contribution in [0.1, 0.15) is 43.5 Å². The van der Waals surface area contributed by atoms with Gasteiger partial charge in [-0.2, -0.15) is 0 Å². The summed E-state index contributed by atoms with van der Waals surface area (Å²) in [5.74, 6) is 0.648. The van der Waals surface area contributed by atoms with E-state index in [2.05, 4.69) is 15.3 Å². The van der Waals surface area contributed by atoms with Gasteiger partial charge in [0.1, 0.15) is 22.8 Å². The van der Waals surface area contributed by atoms with Gasteiger partial charge in [-0.1, -0.05) is 19.9 Å². The average Bonchev–Trinajstić information content (AvgIpc) is 3.44. The number of furan rings is 2. The Hall–Kier alpha value is -3.19. The van der Waals surface area contributed by atoms with Crippen LogP contribution < -0.4 is 5.32 Å². The average molecular weight is 379 g/mol. The standard InChI is InChI=1S/C21H21N3O4/c1-13(2)20(3)19(25)23-18(24-20)17-14(7-4-10-22-17)21(26,15-8-5-11-27-15)16-9-6-12-28-16/h4-13,26H,1-3H3,(H,23,24,25). The molecule has 3 aromatic heterocycles. The molecule has 3 aromatic rings. The highest BCUT2D eigenvalue weighted by Gasteiger charge is 2.46. The van der Waals surface area contributed by atoms with Crippen molar-refractivity contribution >= 4 is 11.7 Å². The van der Waals surface area contributed by atoms with E-state index in [4.69, 9.17) is 8.83 Å². The molecule has 144 valence electrons. The molecule has 1 aliphatic rings. The van der Waals surface area contributed by atoms with Crippen LogP contribution in [0.2, 0.25) is 0 Å². The Morgan fingerprint density at radius 2 is 1.75 bits per heavy atom. The van der Waals surface area contributed by atoms with Crippen LogP contribution in [0.4, 0.5) is 0 Å². The summed E-state index contributed by atoms with van der Waals surface area (Å²) in [6, 6.07) is 10.1. The Morgan fingerprint density at radius 1 is 1.11 bits per heavy atom. The minimum absolute atomic E-state index is 0.00815. The Kier molecular flexibility index (Phi) is 4.19. The molecule has 0 aliphatic carbocycles. The molecular weight excluding hydrogens is 358 g/mol. The van der Waals surface area contributed by atoms with Crippen LogP contribution in [-0.2, 0) is 10.4 Å². The van der Waals surface area contributed by atoms with E-state index in [1.54, 1.807) is 49.5 Å². The number of hydrogen-bond donors (Lipinski definition) is 2. The van der Waals surface area contributed by atoms with Gasteiger partial charge in [0, 0.05) is 11.8 Å². The first-order valence-corrected chi connectivity index (χ1v) is 9.05. The van der Waals surface area contributed by atoms with Crippen molar-refractivity contribution in [3.8, 4) is 0 Å². The highest BCUT2D eigenvalue weighted by molar-refractivity contribution is 6.15. The lowest BCUT2D eigenvalue weighted by Gasteiger charge is -2.26. The molecule has 0 saturated heterocycles. The summed E-state index contributed by atoms with van der Waals surface area (Å²) in [5.41, 5.74) is -1.89. The van der Waals surface area contributed by atoms with Crippen LogP contribution in [-0.4, -0.2) is 27.4 Å². The monoisotopic (exact) mass is 379 g/mol. The van der Waals surface area contributed by atoms with E-state index in [1.807, 2.05) is 13.8 Å². The van der Waals surface area contributed by atoms with Gasteiger partial charge in [0.2, 0.25) is 5.60 Å². The third-order valence-electron chi connectivity index (χ3n) is 5.34. The zero-order valence-electron chi connectivity index (χ0n) is 15.8. The summed E-state index contributed by atoms with van der Waals surface area (Å²) in [7, 11) is 0. The zero-order valence-corrected chi connectivity index (χ0v) is 15.8. The lowest BCUT2D eigenvalue weighted by atomic mass is 9.87. The van der Waals surface area contributed by atoms with E-state index in [0.29, 0.717) is 17.1 Å². The number of amidine groups is 1. The van der Waals surface area contributed by atoms with Crippen molar-refractivity contribution in [2.24, 2.45) is 10.9 Å². The SMILES string of the molecule is CC(C)C1(C)N=C(c2ncccc2C(O)(c2ccco2)c2ccco2)NC1=O. The molecule has 0 radical (unpaired) electrons. The molecule has 1 aliphatic heterocycles. The summed E-state index contributed by atoms with van der Waals surface area (Å²) in [6.07, 6.45) is 4.54. The molecular formula is C21H21N3O4. The third kappa shape index (κ3) is 2.58. The normalized spacial score (nSPS) is 19.8. The van der Waals surface area contributed by atoms with Crippen LogP contribution in [0.15, 0.2) is 68.9 Å². The van der Waals surface area contributed by atoms with Gasteiger partial charge >= 0.3 is 0 Å². The van der Waals surface area contributed by atoms with Gasteiger partial charge in [-0.05, 0) is 43.2 Å². The number of carbonyl (C=O) groups is 1. The van der Waals surface area contributed by atoms with Gasteiger partial charge < -0.3 is 19.3 Å². The molecule has 0 bridgehead atoms. The van der Waals surface area contributed by atoms with Gasteiger partial charge in [0.05, 0.1) is 12.5 Å². The first kappa shape index (κ1) is 18.2. The smallest absolute Gasteiger partial charge is 0.253 e. The maximum atomic E-state index is 12.6. The van der Waals surface area contributed by atoms with Crippen molar-refractivity contribution in [3.05, 3.63) is 77.9 Å². The molecule has 7 heteroatoms. The summed E-state index contributed by atoms with van der Waals surface area (Å²) >= 11 is 0. The largest absolute Gasteiger partial charge is 0.465 e. The lowest BCUT2D eigenvalue weighted by Crippen LogP contribution is -2.41. The molecule has 0 aromatic carbocycles. The fourth-order valence-electron chi connectivity index (χ4n) is 3.29. The van der Waals surface area contributed by atoms with Crippen LogP contribution in [0.25, 0.3) is 0 Å². The van der Waals surface area contributed by atoms with Crippen molar-refractivity contribution in [1.82, 2.24) is 10.3 Å². The van der Waals surface area contributed by atoms with Crippen LogP contribution in [0.3, 0.4) is 0 Å². The summed E-state index contributed by atoms with van der Waals surface area (Å²) < 4.78 is 11.1. The number of hydrogen-bond acceptors (Lipinski definition) is 6. The van der Waals surface area contributed by atoms with Crippen LogP contribution in [0, 0.1) is 5.92 Å². The van der Waals surface area contributed by atoms with Crippen molar-refractivity contribution in [2.45, 2.75) is 31.9 Å². The number of aliphatic imine (C=N–C) groups is 1. The molecule has 1 amide bonds. The Morgan fingerprint density at radius 3 is 2.25 bits per heavy atom. The predicted molar refractivity (Wildman–Crippen MR) is 102 cm³/mol. The third-order valence-corrected chi connectivity index (χ3v) is 5.34. The summed E-state index contributed by atoms with van der Waals surface area (Å²) in [5, 5.41) is 14.6. The van der Waals surface area contributed by atoms with E-state index in [9.17, 15) is 9.90 Å². The van der Waals surface area contributed by atoms with Crippen molar-refractivity contribution < 1.29 is 18.7 Å². The van der Waals surface area contributed by atoms with Gasteiger partial charge in [-0.15, -0.1) is 0 Å². The van der Waals surface area contributed by atoms with E-state index >= 15 is 0 Å². The summed E-state index contributed by atoms with van der Waals surface area (Å²) in [4.78, 5) is 21.6. The molecule has 28 heavy (non-hydrogen) atoms. The Bertz CT molecular complexity index is 988. The second-order valence-corrected chi connectivity index (χ2v) is 7.28. The quantitative estimate of drug-likeness (QED) is 0.710. The van der Waals surface area contributed by atoms with Crippen molar-refractivity contribution in [2.75, 3.05) is 0 Å². The molecule has 2 N–H and O–H groups in total.